The topological polar surface area (TPSA) is 24.5 Å². The Morgan fingerprint density at radius 2 is 2.00 bits per heavy atom. The highest BCUT2D eigenvalue weighted by Crippen LogP contribution is 2.38. The second kappa shape index (κ2) is 6.17. The molecule has 1 aliphatic carbocycles. The lowest BCUT2D eigenvalue weighted by atomic mass is 9.95. The Hall–Kier alpha value is -0.120. The van der Waals surface area contributed by atoms with E-state index in [9.17, 15) is 0 Å². The van der Waals surface area contributed by atoms with Gasteiger partial charge in [-0.15, -0.1) is 0 Å². The first kappa shape index (κ1) is 13.3. The Balaban J connectivity index is 1.74. The summed E-state index contributed by atoms with van der Waals surface area (Å²) in [4.78, 5) is 2.51. The van der Waals surface area contributed by atoms with Gasteiger partial charge < -0.3 is 15.0 Å². The van der Waals surface area contributed by atoms with Crippen molar-refractivity contribution in [2.45, 2.75) is 32.7 Å². The van der Waals surface area contributed by atoms with Crippen LogP contribution in [0.15, 0.2) is 0 Å². The minimum Gasteiger partial charge on any atom is -0.381 e. The fourth-order valence-electron chi connectivity index (χ4n) is 3.04. The zero-order chi connectivity index (χ0) is 12.3. The molecule has 0 aromatic rings. The Kier molecular flexibility index (Phi) is 4.83. The second-order valence-electron chi connectivity index (χ2n) is 5.98. The number of hydrogen-bond donors (Lipinski definition) is 1. The van der Waals surface area contributed by atoms with E-state index in [1.165, 1.54) is 25.9 Å². The second-order valence-corrected chi connectivity index (χ2v) is 5.98. The number of nitrogens with one attached hydrogen (secondary N) is 1. The minimum atomic E-state index is 0.660. The van der Waals surface area contributed by atoms with E-state index in [1.54, 1.807) is 0 Å². The zero-order valence-electron chi connectivity index (χ0n) is 11.6. The van der Waals surface area contributed by atoms with Gasteiger partial charge in [-0.1, -0.05) is 13.8 Å². The Morgan fingerprint density at radius 1 is 1.29 bits per heavy atom. The first-order valence-corrected chi connectivity index (χ1v) is 7.20. The van der Waals surface area contributed by atoms with Crippen LogP contribution < -0.4 is 5.32 Å². The molecule has 0 aromatic carbocycles. The minimum absolute atomic E-state index is 0.660. The maximum absolute atomic E-state index is 5.63. The summed E-state index contributed by atoms with van der Waals surface area (Å²) in [6, 6.07) is 0.660. The van der Waals surface area contributed by atoms with Crippen molar-refractivity contribution in [3.8, 4) is 0 Å². The lowest BCUT2D eigenvalue weighted by Crippen LogP contribution is -2.47. The van der Waals surface area contributed by atoms with Gasteiger partial charge >= 0.3 is 0 Å². The van der Waals surface area contributed by atoms with E-state index in [2.05, 4.69) is 31.1 Å². The Labute approximate surface area is 106 Å². The lowest BCUT2D eigenvalue weighted by Gasteiger charge is -2.34. The van der Waals surface area contributed by atoms with Gasteiger partial charge in [0.25, 0.3) is 0 Å². The van der Waals surface area contributed by atoms with Gasteiger partial charge in [0.15, 0.2) is 0 Å². The van der Waals surface area contributed by atoms with Gasteiger partial charge in [0.1, 0.15) is 0 Å². The van der Waals surface area contributed by atoms with Crippen LogP contribution in [0.4, 0.5) is 0 Å². The van der Waals surface area contributed by atoms with Gasteiger partial charge in [-0.05, 0) is 38.3 Å². The molecule has 0 bridgehead atoms. The van der Waals surface area contributed by atoms with Crippen LogP contribution in [0.5, 0.6) is 0 Å². The SMILES string of the molecule is CCNC1CCOCC1CN(C)CC1CC1C. The Morgan fingerprint density at radius 3 is 2.65 bits per heavy atom. The van der Waals surface area contributed by atoms with Crippen molar-refractivity contribution >= 4 is 0 Å². The molecular formula is C14H28N2O. The molecule has 1 aliphatic heterocycles. The quantitative estimate of drug-likeness (QED) is 0.763. The van der Waals surface area contributed by atoms with Crippen molar-refractivity contribution in [1.29, 1.82) is 0 Å². The first-order valence-electron chi connectivity index (χ1n) is 7.20. The predicted molar refractivity (Wildman–Crippen MR) is 71.2 cm³/mol. The van der Waals surface area contributed by atoms with Gasteiger partial charge in [0.05, 0.1) is 6.61 Å². The van der Waals surface area contributed by atoms with Gasteiger partial charge in [-0.3, -0.25) is 0 Å². The number of ether oxygens (including phenoxy) is 1. The Bertz CT molecular complexity index is 232. The van der Waals surface area contributed by atoms with E-state index in [1.807, 2.05) is 0 Å². The van der Waals surface area contributed by atoms with Crippen molar-refractivity contribution < 1.29 is 4.74 Å². The molecule has 1 N–H and O–H groups in total. The molecule has 1 saturated carbocycles. The molecule has 0 spiro atoms. The van der Waals surface area contributed by atoms with Crippen LogP contribution in [0.3, 0.4) is 0 Å². The third kappa shape index (κ3) is 3.94. The lowest BCUT2D eigenvalue weighted by molar-refractivity contribution is 0.0196. The van der Waals surface area contributed by atoms with Crippen molar-refractivity contribution in [3.05, 3.63) is 0 Å². The van der Waals surface area contributed by atoms with E-state index in [4.69, 9.17) is 4.74 Å². The third-order valence-electron chi connectivity index (χ3n) is 4.31. The fourth-order valence-corrected chi connectivity index (χ4v) is 3.04. The van der Waals surface area contributed by atoms with Crippen LogP contribution in [-0.2, 0) is 4.74 Å². The smallest absolute Gasteiger partial charge is 0.0521 e. The molecule has 0 radical (unpaired) electrons. The van der Waals surface area contributed by atoms with Crippen LogP contribution in [-0.4, -0.2) is 50.8 Å². The summed E-state index contributed by atoms with van der Waals surface area (Å²) in [5.41, 5.74) is 0. The summed E-state index contributed by atoms with van der Waals surface area (Å²) in [5.74, 6) is 2.59. The largest absolute Gasteiger partial charge is 0.381 e. The molecule has 4 atom stereocenters. The zero-order valence-corrected chi connectivity index (χ0v) is 11.6. The number of hydrogen-bond acceptors (Lipinski definition) is 3. The van der Waals surface area contributed by atoms with E-state index in [-0.39, 0.29) is 0 Å². The maximum Gasteiger partial charge on any atom is 0.0521 e. The van der Waals surface area contributed by atoms with Crippen LogP contribution >= 0.6 is 0 Å². The van der Waals surface area contributed by atoms with Crippen molar-refractivity contribution in [2.75, 3.05) is 39.9 Å². The van der Waals surface area contributed by atoms with E-state index >= 15 is 0 Å². The number of nitrogens with zero attached hydrogens (tertiary/aromatic N) is 1. The average molecular weight is 240 g/mol. The monoisotopic (exact) mass is 240 g/mol. The van der Waals surface area contributed by atoms with E-state index in [0.29, 0.717) is 12.0 Å². The summed E-state index contributed by atoms with van der Waals surface area (Å²) < 4.78 is 5.63. The molecular weight excluding hydrogens is 212 g/mol. The standard InChI is InChI=1S/C14H28N2O/c1-4-15-14-5-6-17-10-13(14)9-16(3)8-12-7-11(12)2/h11-15H,4-10H2,1-3H3. The maximum atomic E-state index is 5.63. The molecule has 0 aromatic heterocycles. The van der Waals surface area contributed by atoms with Crippen LogP contribution in [0, 0.1) is 17.8 Å². The molecule has 17 heavy (non-hydrogen) atoms. The molecule has 2 fully saturated rings. The van der Waals surface area contributed by atoms with Crippen molar-refractivity contribution in [2.24, 2.45) is 17.8 Å². The van der Waals surface area contributed by atoms with Crippen LogP contribution in [0.1, 0.15) is 26.7 Å². The summed E-state index contributed by atoms with van der Waals surface area (Å²) in [7, 11) is 2.27. The van der Waals surface area contributed by atoms with Crippen molar-refractivity contribution in [1.82, 2.24) is 10.2 Å². The van der Waals surface area contributed by atoms with Crippen molar-refractivity contribution in [3.63, 3.8) is 0 Å². The predicted octanol–water partition coefficient (Wildman–Crippen LogP) is 1.59. The van der Waals surface area contributed by atoms with Gasteiger partial charge in [-0.2, -0.15) is 0 Å². The van der Waals surface area contributed by atoms with Gasteiger partial charge in [-0.25, -0.2) is 0 Å². The highest BCUT2D eigenvalue weighted by Gasteiger charge is 2.34. The van der Waals surface area contributed by atoms with Gasteiger partial charge in [0, 0.05) is 31.7 Å². The average Bonchev–Trinajstić information content (AvgIpc) is 2.97. The summed E-state index contributed by atoms with van der Waals surface area (Å²) in [6.45, 7) is 9.95. The highest BCUT2D eigenvalue weighted by molar-refractivity contribution is 4.86. The molecule has 3 nitrogen and oxygen atoms in total. The summed E-state index contributed by atoms with van der Waals surface area (Å²) in [6.07, 6.45) is 2.61. The normalized spacial score (nSPS) is 37.4. The molecule has 2 aliphatic rings. The molecule has 4 unspecified atom stereocenters. The van der Waals surface area contributed by atoms with Gasteiger partial charge in [0.2, 0.25) is 0 Å². The molecule has 100 valence electrons. The fraction of sp³-hybridized carbons (Fsp3) is 1.00. The number of rotatable bonds is 6. The van der Waals surface area contributed by atoms with E-state index < -0.39 is 0 Å². The summed E-state index contributed by atoms with van der Waals surface area (Å²) >= 11 is 0. The molecule has 0 amide bonds. The highest BCUT2D eigenvalue weighted by atomic mass is 16.5. The molecule has 2 rings (SSSR count). The molecule has 1 heterocycles. The van der Waals surface area contributed by atoms with E-state index in [0.717, 1.165) is 31.6 Å². The first-order chi connectivity index (χ1) is 8.20. The van der Waals surface area contributed by atoms with Crippen LogP contribution in [0.25, 0.3) is 0 Å². The molecule has 1 saturated heterocycles. The third-order valence-corrected chi connectivity index (χ3v) is 4.31. The van der Waals surface area contributed by atoms with Crippen LogP contribution in [0.2, 0.25) is 0 Å². The molecule has 3 heteroatoms. The summed E-state index contributed by atoms with van der Waals surface area (Å²) in [5, 5.41) is 3.61.